The van der Waals surface area contributed by atoms with Crippen molar-refractivity contribution < 1.29 is 4.79 Å². The molecule has 20 heavy (non-hydrogen) atoms. The molecular weight excluding hydrogens is 288 g/mol. The number of rotatable bonds is 8. The third-order valence-electron chi connectivity index (χ3n) is 3.01. The SMILES string of the molecule is CCc1nc(CCNC(=O)CCCc2cccs2)cs1. The van der Waals surface area contributed by atoms with Crippen LogP contribution in [0.5, 0.6) is 0 Å². The molecule has 0 atom stereocenters. The molecular formula is C15H20N2OS2. The van der Waals surface area contributed by atoms with Gasteiger partial charge in [0.1, 0.15) is 0 Å². The van der Waals surface area contributed by atoms with Gasteiger partial charge in [-0.05, 0) is 30.7 Å². The molecule has 2 aromatic rings. The fourth-order valence-electron chi connectivity index (χ4n) is 1.92. The molecule has 0 aromatic carbocycles. The van der Waals surface area contributed by atoms with E-state index in [0.29, 0.717) is 13.0 Å². The average Bonchev–Trinajstić information content (AvgIpc) is 3.10. The van der Waals surface area contributed by atoms with Gasteiger partial charge in [0.05, 0.1) is 10.7 Å². The summed E-state index contributed by atoms with van der Waals surface area (Å²) < 4.78 is 0. The number of amides is 1. The second kappa shape index (κ2) is 8.17. The van der Waals surface area contributed by atoms with Crippen molar-refractivity contribution in [3.8, 4) is 0 Å². The van der Waals surface area contributed by atoms with E-state index >= 15 is 0 Å². The van der Waals surface area contributed by atoms with E-state index in [1.165, 1.54) is 9.88 Å². The van der Waals surface area contributed by atoms with Crippen LogP contribution in [0.3, 0.4) is 0 Å². The van der Waals surface area contributed by atoms with E-state index in [-0.39, 0.29) is 5.91 Å². The predicted molar refractivity (Wildman–Crippen MR) is 85.5 cm³/mol. The summed E-state index contributed by atoms with van der Waals surface area (Å²) in [5.41, 5.74) is 1.09. The Balaban J connectivity index is 1.58. The zero-order chi connectivity index (χ0) is 14.2. The van der Waals surface area contributed by atoms with E-state index in [4.69, 9.17) is 0 Å². The second-order valence-corrected chi connectivity index (χ2v) is 6.59. The zero-order valence-electron chi connectivity index (χ0n) is 11.7. The Morgan fingerprint density at radius 3 is 2.95 bits per heavy atom. The summed E-state index contributed by atoms with van der Waals surface area (Å²) in [5, 5.41) is 8.30. The number of hydrogen-bond acceptors (Lipinski definition) is 4. The lowest BCUT2D eigenvalue weighted by molar-refractivity contribution is -0.121. The molecule has 1 amide bonds. The number of hydrogen-bond donors (Lipinski definition) is 1. The molecule has 0 fully saturated rings. The van der Waals surface area contributed by atoms with Crippen molar-refractivity contribution in [2.75, 3.05) is 6.54 Å². The lowest BCUT2D eigenvalue weighted by Gasteiger charge is -2.03. The van der Waals surface area contributed by atoms with Gasteiger partial charge in [0, 0.05) is 29.6 Å². The Labute approximate surface area is 128 Å². The lowest BCUT2D eigenvalue weighted by Crippen LogP contribution is -2.25. The van der Waals surface area contributed by atoms with Crippen LogP contribution < -0.4 is 5.32 Å². The van der Waals surface area contributed by atoms with Crippen LogP contribution in [0.1, 0.15) is 35.3 Å². The highest BCUT2D eigenvalue weighted by Crippen LogP contribution is 2.12. The number of thiazole rings is 1. The maximum atomic E-state index is 11.7. The highest BCUT2D eigenvalue weighted by Gasteiger charge is 2.04. The Morgan fingerprint density at radius 1 is 1.35 bits per heavy atom. The van der Waals surface area contributed by atoms with E-state index in [9.17, 15) is 4.79 Å². The monoisotopic (exact) mass is 308 g/mol. The van der Waals surface area contributed by atoms with Crippen LogP contribution in [-0.4, -0.2) is 17.4 Å². The smallest absolute Gasteiger partial charge is 0.220 e. The van der Waals surface area contributed by atoms with Crippen LogP contribution >= 0.6 is 22.7 Å². The summed E-state index contributed by atoms with van der Waals surface area (Å²) in [6.45, 7) is 2.79. The van der Waals surface area contributed by atoms with Crippen molar-refractivity contribution in [3.63, 3.8) is 0 Å². The summed E-state index contributed by atoms with van der Waals surface area (Å²) in [6, 6.07) is 4.18. The van der Waals surface area contributed by atoms with Gasteiger partial charge in [0.25, 0.3) is 0 Å². The van der Waals surface area contributed by atoms with E-state index in [2.05, 4.69) is 40.1 Å². The molecule has 0 spiro atoms. The Morgan fingerprint density at radius 2 is 2.25 bits per heavy atom. The van der Waals surface area contributed by atoms with Crippen LogP contribution in [0, 0.1) is 0 Å². The van der Waals surface area contributed by atoms with E-state index in [0.717, 1.165) is 31.4 Å². The number of carbonyl (C=O) groups excluding carboxylic acids is 1. The van der Waals surface area contributed by atoms with Gasteiger partial charge in [0.2, 0.25) is 5.91 Å². The van der Waals surface area contributed by atoms with E-state index < -0.39 is 0 Å². The molecule has 0 aliphatic heterocycles. The molecule has 0 aliphatic rings. The molecule has 0 radical (unpaired) electrons. The van der Waals surface area contributed by atoms with Gasteiger partial charge < -0.3 is 5.32 Å². The topological polar surface area (TPSA) is 42.0 Å². The molecule has 5 heteroatoms. The number of thiophene rings is 1. The van der Waals surface area contributed by atoms with Gasteiger partial charge in [-0.15, -0.1) is 22.7 Å². The fourth-order valence-corrected chi connectivity index (χ4v) is 3.45. The molecule has 108 valence electrons. The molecule has 2 rings (SSSR count). The standard InChI is InChI=1S/C15H20N2OS2/c1-2-15-17-12(11-20-15)8-9-16-14(18)7-3-5-13-6-4-10-19-13/h4,6,10-11H,2-3,5,7-9H2,1H3,(H,16,18). The van der Waals surface area contributed by atoms with Crippen LogP contribution in [-0.2, 0) is 24.1 Å². The van der Waals surface area contributed by atoms with Crippen LogP contribution in [0.4, 0.5) is 0 Å². The predicted octanol–water partition coefficient (Wildman–Crippen LogP) is 3.45. The second-order valence-electron chi connectivity index (χ2n) is 4.62. The third kappa shape index (κ3) is 5.06. The van der Waals surface area contributed by atoms with Gasteiger partial charge in [0.15, 0.2) is 0 Å². The van der Waals surface area contributed by atoms with Crippen LogP contribution in [0.15, 0.2) is 22.9 Å². The minimum atomic E-state index is 0.146. The lowest BCUT2D eigenvalue weighted by atomic mass is 10.2. The molecule has 2 aromatic heterocycles. The van der Waals surface area contributed by atoms with Crippen molar-refractivity contribution >= 4 is 28.6 Å². The van der Waals surface area contributed by atoms with Crippen molar-refractivity contribution in [2.24, 2.45) is 0 Å². The molecule has 0 aliphatic carbocycles. The molecule has 3 nitrogen and oxygen atoms in total. The van der Waals surface area contributed by atoms with E-state index in [1.807, 2.05) is 0 Å². The first-order valence-electron chi connectivity index (χ1n) is 7.00. The first-order valence-corrected chi connectivity index (χ1v) is 8.76. The van der Waals surface area contributed by atoms with Crippen molar-refractivity contribution in [2.45, 2.75) is 39.0 Å². The highest BCUT2D eigenvalue weighted by molar-refractivity contribution is 7.10. The Hall–Kier alpha value is -1.20. The first kappa shape index (κ1) is 15.2. The minimum Gasteiger partial charge on any atom is -0.356 e. The van der Waals surface area contributed by atoms with Crippen molar-refractivity contribution in [3.05, 3.63) is 38.5 Å². The number of aromatic nitrogens is 1. The normalized spacial score (nSPS) is 10.7. The molecule has 0 saturated heterocycles. The van der Waals surface area contributed by atoms with Gasteiger partial charge in [-0.1, -0.05) is 13.0 Å². The number of nitrogens with one attached hydrogen (secondary N) is 1. The Bertz CT molecular complexity index is 520. The minimum absolute atomic E-state index is 0.146. The molecule has 0 bridgehead atoms. The third-order valence-corrected chi connectivity index (χ3v) is 4.99. The van der Waals surface area contributed by atoms with Crippen LogP contribution in [0.25, 0.3) is 0 Å². The maximum absolute atomic E-state index is 11.7. The van der Waals surface area contributed by atoms with Crippen LogP contribution in [0.2, 0.25) is 0 Å². The highest BCUT2D eigenvalue weighted by atomic mass is 32.1. The number of carbonyl (C=O) groups is 1. The van der Waals surface area contributed by atoms with Gasteiger partial charge in [-0.3, -0.25) is 4.79 Å². The fraction of sp³-hybridized carbons (Fsp3) is 0.467. The maximum Gasteiger partial charge on any atom is 0.220 e. The zero-order valence-corrected chi connectivity index (χ0v) is 13.4. The molecule has 0 unspecified atom stereocenters. The van der Waals surface area contributed by atoms with Crippen molar-refractivity contribution in [1.82, 2.24) is 10.3 Å². The average molecular weight is 308 g/mol. The summed E-state index contributed by atoms with van der Waals surface area (Å²) in [7, 11) is 0. The Kier molecular flexibility index (Phi) is 6.21. The summed E-state index contributed by atoms with van der Waals surface area (Å²) in [6.07, 6.45) is 4.34. The van der Waals surface area contributed by atoms with Gasteiger partial charge in [-0.25, -0.2) is 4.98 Å². The first-order chi connectivity index (χ1) is 9.78. The quantitative estimate of drug-likeness (QED) is 0.811. The van der Waals surface area contributed by atoms with Crippen molar-refractivity contribution in [1.29, 1.82) is 0 Å². The molecule has 2 heterocycles. The number of aryl methyl sites for hydroxylation is 2. The summed E-state index contributed by atoms with van der Waals surface area (Å²) in [5.74, 6) is 0.146. The molecule has 0 saturated carbocycles. The largest absolute Gasteiger partial charge is 0.356 e. The molecule has 1 N–H and O–H groups in total. The number of nitrogens with zero attached hydrogens (tertiary/aromatic N) is 1. The van der Waals surface area contributed by atoms with Gasteiger partial charge >= 0.3 is 0 Å². The summed E-state index contributed by atoms with van der Waals surface area (Å²) in [4.78, 5) is 17.5. The summed E-state index contributed by atoms with van der Waals surface area (Å²) >= 11 is 3.45. The van der Waals surface area contributed by atoms with Gasteiger partial charge in [-0.2, -0.15) is 0 Å². The van der Waals surface area contributed by atoms with E-state index in [1.54, 1.807) is 22.7 Å².